The first-order valence-corrected chi connectivity index (χ1v) is 18.0. The van der Waals surface area contributed by atoms with E-state index in [0.717, 1.165) is 25.9 Å². The Kier molecular flexibility index (Phi) is 10.1. The summed E-state index contributed by atoms with van der Waals surface area (Å²) in [4.78, 5) is 42.7. The summed E-state index contributed by atoms with van der Waals surface area (Å²) >= 11 is 0. The number of hydrogen-bond donors (Lipinski definition) is 1. The Bertz CT molecular complexity index is 1960. The molecule has 3 aliphatic rings. The molecule has 16 heteroatoms. The number of ether oxygens (including phenoxy) is 3. The van der Waals surface area contributed by atoms with E-state index in [-0.39, 0.29) is 51.6 Å². The van der Waals surface area contributed by atoms with Crippen molar-refractivity contribution in [2.75, 3.05) is 65.5 Å². The van der Waals surface area contributed by atoms with E-state index in [1.807, 2.05) is 12.1 Å². The monoisotopic (exact) mass is 719 g/mol. The van der Waals surface area contributed by atoms with E-state index in [0.29, 0.717) is 29.2 Å². The van der Waals surface area contributed by atoms with Crippen LogP contribution in [0.4, 0.5) is 10.5 Å². The van der Waals surface area contributed by atoms with Crippen LogP contribution < -0.4 is 23.8 Å². The number of nitriles is 1. The maximum Gasteiger partial charge on any atom is 0.318 e. The van der Waals surface area contributed by atoms with Gasteiger partial charge in [0.25, 0.3) is 15.9 Å². The second kappa shape index (κ2) is 14.3. The minimum absolute atomic E-state index is 0.0219. The number of urea groups is 1. The first-order valence-electron chi connectivity index (χ1n) is 16.6. The van der Waals surface area contributed by atoms with Gasteiger partial charge in [-0.25, -0.2) is 18.2 Å². The number of anilines is 1. The van der Waals surface area contributed by atoms with Crippen LogP contribution in [-0.4, -0.2) is 113 Å². The highest BCUT2D eigenvalue weighted by molar-refractivity contribution is 7.93. The molecule has 3 aromatic rings. The van der Waals surface area contributed by atoms with E-state index in [4.69, 9.17) is 19.0 Å². The van der Waals surface area contributed by atoms with Crippen molar-refractivity contribution in [3.8, 4) is 23.4 Å². The van der Waals surface area contributed by atoms with Crippen molar-refractivity contribution in [2.24, 2.45) is 0 Å². The fraction of sp³-hybridized carbons (Fsp3) is 0.429. The fourth-order valence-corrected chi connectivity index (χ4v) is 8.62. The topological polar surface area (TPSA) is 167 Å². The molecule has 0 radical (unpaired) electrons. The molecule has 2 fully saturated rings. The molecule has 1 aromatic heterocycles. The van der Waals surface area contributed by atoms with Gasteiger partial charge in [-0.05, 0) is 62.2 Å². The van der Waals surface area contributed by atoms with Crippen molar-refractivity contribution in [1.82, 2.24) is 25.2 Å². The molecule has 1 N–H and O–H groups in total. The molecule has 51 heavy (non-hydrogen) atoms. The molecule has 0 aliphatic carbocycles. The summed E-state index contributed by atoms with van der Waals surface area (Å²) in [5.41, 5.74) is -1.86. The van der Waals surface area contributed by atoms with E-state index >= 15 is 4.79 Å². The van der Waals surface area contributed by atoms with Crippen molar-refractivity contribution < 1.29 is 37.1 Å². The zero-order chi connectivity index (χ0) is 36.5. The van der Waals surface area contributed by atoms with Crippen LogP contribution in [0.15, 0.2) is 59.6 Å². The number of piperidine rings is 1. The number of sulfonamides is 1. The minimum atomic E-state index is -4.70. The van der Waals surface area contributed by atoms with Crippen LogP contribution in [0.2, 0.25) is 0 Å². The summed E-state index contributed by atoms with van der Waals surface area (Å²) in [5, 5.41) is 14.7. The Balaban J connectivity index is 1.41. The zero-order valence-electron chi connectivity index (χ0n) is 29.2. The molecule has 3 amide bonds. The van der Waals surface area contributed by atoms with Gasteiger partial charge in [0.15, 0.2) is 5.54 Å². The molecule has 2 saturated heterocycles. The third kappa shape index (κ3) is 6.20. The smallest absolute Gasteiger partial charge is 0.318 e. The van der Waals surface area contributed by atoms with Crippen molar-refractivity contribution >= 4 is 27.6 Å². The van der Waals surface area contributed by atoms with Gasteiger partial charge in [-0.1, -0.05) is 0 Å². The summed E-state index contributed by atoms with van der Waals surface area (Å²) in [7, 11) is 1.62. The van der Waals surface area contributed by atoms with Crippen LogP contribution in [0.25, 0.3) is 0 Å². The van der Waals surface area contributed by atoms with Crippen molar-refractivity contribution in [3.63, 3.8) is 0 Å². The number of hydroxylamine groups is 2. The fourth-order valence-electron chi connectivity index (χ4n) is 7.02. The second-order valence-electron chi connectivity index (χ2n) is 12.5. The van der Waals surface area contributed by atoms with Crippen molar-refractivity contribution in [3.05, 3.63) is 71.4 Å². The van der Waals surface area contributed by atoms with Crippen LogP contribution in [0.1, 0.15) is 36.5 Å². The number of likely N-dealkylation sites (tertiary alicyclic amines) is 2. The summed E-state index contributed by atoms with van der Waals surface area (Å²) in [6, 6.07) is 13.4. The van der Waals surface area contributed by atoms with Gasteiger partial charge in [-0.15, -0.1) is 0 Å². The number of aromatic nitrogens is 1. The molecule has 270 valence electrons. The molecule has 15 nitrogen and oxygen atoms in total. The second-order valence-corrected chi connectivity index (χ2v) is 14.2. The summed E-state index contributed by atoms with van der Waals surface area (Å²) in [6.45, 7) is 4.42. The molecule has 4 heterocycles. The van der Waals surface area contributed by atoms with E-state index in [9.17, 15) is 18.5 Å². The number of fused-ring (bicyclic) bond motifs is 1. The quantitative estimate of drug-likeness (QED) is 0.289. The van der Waals surface area contributed by atoms with Crippen LogP contribution in [0.5, 0.6) is 17.4 Å². The Morgan fingerprint density at radius 3 is 2.47 bits per heavy atom. The van der Waals surface area contributed by atoms with E-state index in [2.05, 4.69) is 21.3 Å². The lowest BCUT2D eigenvalue weighted by Crippen LogP contribution is -2.67. The molecule has 2 aromatic carbocycles. The number of amides is 3. The normalized spacial score (nSPS) is 19.7. The van der Waals surface area contributed by atoms with Crippen LogP contribution in [-0.2, 0) is 25.2 Å². The Hall–Kier alpha value is -4.95. The molecule has 0 bridgehead atoms. The number of hydrogen-bond acceptors (Lipinski definition) is 12. The van der Waals surface area contributed by atoms with Crippen LogP contribution in [0.3, 0.4) is 0 Å². The maximum absolute atomic E-state index is 15.1. The number of rotatable bonds is 11. The van der Waals surface area contributed by atoms with E-state index < -0.39 is 27.5 Å². The Morgan fingerprint density at radius 2 is 1.82 bits per heavy atom. The van der Waals surface area contributed by atoms with Crippen LogP contribution in [0, 0.1) is 11.3 Å². The van der Waals surface area contributed by atoms with Crippen LogP contribution >= 0.6 is 0 Å². The molecular weight excluding hydrogens is 678 g/mol. The number of nitrogens with zero attached hydrogens (tertiary/aromatic N) is 6. The lowest BCUT2D eigenvalue weighted by molar-refractivity contribution is -0.153. The Labute approximate surface area is 297 Å². The highest BCUT2D eigenvalue weighted by Crippen LogP contribution is 2.50. The third-order valence-corrected chi connectivity index (χ3v) is 11.6. The third-order valence-electron chi connectivity index (χ3n) is 9.86. The van der Waals surface area contributed by atoms with E-state index in [1.165, 1.54) is 56.8 Å². The van der Waals surface area contributed by atoms with Gasteiger partial charge in [0.1, 0.15) is 16.4 Å². The largest absolute Gasteiger partial charge is 0.497 e. The number of nitrogens with one attached hydrogen (secondary N) is 1. The Morgan fingerprint density at radius 1 is 1.08 bits per heavy atom. The lowest BCUT2D eigenvalue weighted by Gasteiger charge is -2.48. The van der Waals surface area contributed by atoms with Gasteiger partial charge in [0.05, 0.1) is 50.8 Å². The number of pyridine rings is 1. The van der Waals surface area contributed by atoms with Gasteiger partial charge in [0.2, 0.25) is 5.88 Å². The SMILES string of the molecule is CCOc1ncccc1C1(NC(=O)N2CC(N3CCC(N(C)OC)CC3)C2)C(=O)N(S(=O)(=O)c2ccc(OC)cc2OC)c2ccc(C#N)cc21. The van der Waals surface area contributed by atoms with Gasteiger partial charge in [-0.2, -0.15) is 14.6 Å². The van der Waals surface area contributed by atoms with Crippen molar-refractivity contribution in [2.45, 2.75) is 42.3 Å². The summed E-state index contributed by atoms with van der Waals surface area (Å²) in [5.74, 6) is -0.696. The number of methoxy groups -OCH3 is 2. The average Bonchev–Trinajstić information content (AvgIpc) is 3.38. The first kappa shape index (κ1) is 35.9. The van der Waals surface area contributed by atoms with E-state index in [1.54, 1.807) is 31.1 Å². The standard InChI is InChI=1S/C35H41N7O8S/c1-6-50-32-27(8-7-15-37-32)35(38-34(44)41-21-25(22-41)40-16-13-24(14-17-40)39(2)49-5)28-18-23(20-36)9-11-29(28)42(33(35)43)51(45,46)31-12-10-26(47-3)19-30(31)48-4/h7-12,15,18-19,24-25H,6,13-14,16-17,21-22H2,1-5H3,(H,38,44). The minimum Gasteiger partial charge on any atom is -0.497 e. The van der Waals surface area contributed by atoms with Gasteiger partial charge < -0.3 is 29.3 Å². The highest BCUT2D eigenvalue weighted by atomic mass is 32.2. The molecule has 1 unspecified atom stereocenters. The van der Waals surface area contributed by atoms with Gasteiger partial charge in [0, 0.05) is 63.1 Å². The number of carbonyl (C=O) groups excluding carboxylic acids is 2. The zero-order valence-corrected chi connectivity index (χ0v) is 30.0. The molecule has 0 spiro atoms. The number of carbonyl (C=O) groups is 2. The summed E-state index contributed by atoms with van der Waals surface area (Å²) < 4.78 is 46.4. The maximum atomic E-state index is 15.1. The first-order chi connectivity index (χ1) is 24.5. The molecule has 0 saturated carbocycles. The van der Waals surface area contributed by atoms with Gasteiger partial charge in [-0.3, -0.25) is 9.69 Å². The molecule has 1 atom stereocenters. The molecule has 6 rings (SSSR count). The predicted octanol–water partition coefficient (Wildman–Crippen LogP) is 2.70. The highest BCUT2D eigenvalue weighted by Gasteiger charge is 2.59. The average molecular weight is 720 g/mol. The van der Waals surface area contributed by atoms with Crippen molar-refractivity contribution in [1.29, 1.82) is 5.26 Å². The summed E-state index contributed by atoms with van der Waals surface area (Å²) in [6.07, 6.45) is 3.32. The predicted molar refractivity (Wildman–Crippen MR) is 185 cm³/mol. The number of benzene rings is 2. The lowest BCUT2D eigenvalue weighted by atomic mass is 9.83. The molecular formula is C35H41N7O8S. The molecule has 3 aliphatic heterocycles. The van der Waals surface area contributed by atoms with Gasteiger partial charge >= 0.3 is 6.03 Å².